The predicted molar refractivity (Wildman–Crippen MR) is 77.8 cm³/mol. The third-order valence-corrected chi connectivity index (χ3v) is 3.95. The average Bonchev–Trinajstić information content (AvgIpc) is 2.86. The number of nitrogens with zero attached hydrogens (tertiary/aromatic N) is 1. The number of likely N-dealkylation sites (N-methyl/N-ethyl adjacent to an activating group) is 1. The van der Waals surface area contributed by atoms with Gasteiger partial charge >= 0.3 is 5.97 Å². The van der Waals surface area contributed by atoms with Gasteiger partial charge in [-0.15, -0.1) is 11.3 Å². The normalized spacial score (nSPS) is 10.8. The molecule has 0 bridgehead atoms. The van der Waals surface area contributed by atoms with Crippen molar-refractivity contribution >= 4 is 17.3 Å². The lowest BCUT2D eigenvalue weighted by molar-refractivity contribution is 0.0700. The number of thiophene rings is 1. The molecule has 0 radical (unpaired) electrons. The molecule has 2 rings (SSSR count). The summed E-state index contributed by atoms with van der Waals surface area (Å²) >= 11 is 1.29. The molecule has 0 amide bonds. The van der Waals surface area contributed by atoms with Crippen molar-refractivity contribution < 1.29 is 9.90 Å². The molecule has 0 aliphatic carbocycles. The molecule has 1 N–H and O–H groups in total. The Kier molecular flexibility index (Phi) is 4.71. The molecule has 0 fully saturated rings. The zero-order chi connectivity index (χ0) is 13.7. The van der Waals surface area contributed by atoms with Gasteiger partial charge in [0.05, 0.1) is 0 Å². The minimum absolute atomic E-state index is 0.451. The van der Waals surface area contributed by atoms with Crippen LogP contribution in [0.25, 0.3) is 0 Å². The number of benzene rings is 1. The van der Waals surface area contributed by atoms with Crippen molar-refractivity contribution in [3.05, 3.63) is 57.8 Å². The van der Waals surface area contributed by atoms with Crippen LogP contribution in [0.3, 0.4) is 0 Å². The smallest absolute Gasteiger partial charge is 0.346 e. The van der Waals surface area contributed by atoms with Crippen LogP contribution in [0.5, 0.6) is 0 Å². The van der Waals surface area contributed by atoms with Gasteiger partial charge in [-0.25, -0.2) is 4.79 Å². The Bertz CT molecular complexity index is 536. The number of hydrogen-bond donors (Lipinski definition) is 1. The summed E-state index contributed by atoms with van der Waals surface area (Å²) in [5.74, 6) is -0.832. The molecular formula is C15H17NO2S. The molecule has 0 aliphatic heterocycles. The van der Waals surface area contributed by atoms with Crippen molar-refractivity contribution in [3.63, 3.8) is 0 Å². The van der Waals surface area contributed by atoms with Gasteiger partial charge in [0, 0.05) is 13.1 Å². The Balaban J connectivity index is 1.89. The minimum Gasteiger partial charge on any atom is -0.477 e. The number of aromatic carboxylic acids is 1. The van der Waals surface area contributed by atoms with Crippen molar-refractivity contribution in [1.82, 2.24) is 4.90 Å². The lowest BCUT2D eigenvalue weighted by Gasteiger charge is -2.16. The molecule has 0 atom stereocenters. The third kappa shape index (κ3) is 3.91. The highest BCUT2D eigenvalue weighted by Crippen LogP contribution is 2.18. The van der Waals surface area contributed by atoms with E-state index >= 15 is 0 Å². The molecular weight excluding hydrogens is 258 g/mol. The maximum absolute atomic E-state index is 11.0. The van der Waals surface area contributed by atoms with E-state index in [0.717, 1.165) is 18.5 Å². The standard InChI is InChI=1S/C15H17NO2S/c1-16(9-7-12-5-3-2-4-6-12)11-13-8-10-19-14(13)15(17)18/h2-6,8,10H,7,9,11H2,1H3,(H,17,18). The zero-order valence-electron chi connectivity index (χ0n) is 10.9. The Morgan fingerprint density at radius 2 is 2.00 bits per heavy atom. The lowest BCUT2D eigenvalue weighted by Crippen LogP contribution is -2.21. The van der Waals surface area contributed by atoms with Crippen LogP contribution in [0.2, 0.25) is 0 Å². The first-order valence-corrected chi connectivity index (χ1v) is 7.07. The monoisotopic (exact) mass is 275 g/mol. The maximum Gasteiger partial charge on any atom is 0.346 e. The first-order valence-electron chi connectivity index (χ1n) is 6.19. The van der Waals surface area contributed by atoms with Crippen molar-refractivity contribution in [2.24, 2.45) is 0 Å². The highest BCUT2D eigenvalue weighted by atomic mass is 32.1. The second-order valence-electron chi connectivity index (χ2n) is 4.55. The number of carbonyl (C=O) groups is 1. The van der Waals surface area contributed by atoms with Crippen LogP contribution < -0.4 is 0 Å². The van der Waals surface area contributed by atoms with E-state index in [1.54, 1.807) is 0 Å². The molecule has 1 heterocycles. The fourth-order valence-corrected chi connectivity index (χ4v) is 2.74. The van der Waals surface area contributed by atoms with Gasteiger partial charge in [0.1, 0.15) is 4.88 Å². The van der Waals surface area contributed by atoms with Gasteiger partial charge in [-0.2, -0.15) is 0 Å². The van der Waals surface area contributed by atoms with Crippen molar-refractivity contribution in [3.8, 4) is 0 Å². The molecule has 1 aromatic carbocycles. The Hall–Kier alpha value is -1.65. The van der Waals surface area contributed by atoms with E-state index in [9.17, 15) is 4.79 Å². The molecule has 100 valence electrons. The van der Waals surface area contributed by atoms with Gasteiger partial charge in [0.15, 0.2) is 0 Å². The number of hydrogen-bond acceptors (Lipinski definition) is 3. The van der Waals surface area contributed by atoms with Crippen LogP contribution in [0.4, 0.5) is 0 Å². The van der Waals surface area contributed by atoms with E-state index in [2.05, 4.69) is 17.0 Å². The van der Waals surface area contributed by atoms with Crippen molar-refractivity contribution in [2.45, 2.75) is 13.0 Å². The van der Waals surface area contributed by atoms with Crippen LogP contribution >= 0.6 is 11.3 Å². The number of carboxylic acid groups (broad SMARTS) is 1. The minimum atomic E-state index is -0.832. The van der Waals surface area contributed by atoms with E-state index < -0.39 is 5.97 Å². The highest BCUT2D eigenvalue weighted by Gasteiger charge is 2.12. The summed E-state index contributed by atoms with van der Waals surface area (Å²) < 4.78 is 0. The molecule has 0 saturated heterocycles. The van der Waals surface area contributed by atoms with Gasteiger partial charge < -0.3 is 10.0 Å². The molecule has 0 aliphatic rings. The van der Waals surface area contributed by atoms with Crippen LogP contribution in [-0.4, -0.2) is 29.6 Å². The van der Waals surface area contributed by atoms with Crippen molar-refractivity contribution in [1.29, 1.82) is 0 Å². The molecule has 19 heavy (non-hydrogen) atoms. The van der Waals surface area contributed by atoms with E-state index in [1.807, 2.05) is 36.7 Å². The largest absolute Gasteiger partial charge is 0.477 e. The van der Waals surface area contributed by atoms with E-state index in [-0.39, 0.29) is 0 Å². The average molecular weight is 275 g/mol. The van der Waals surface area contributed by atoms with Crippen LogP contribution in [0, 0.1) is 0 Å². The molecule has 4 heteroatoms. The maximum atomic E-state index is 11.0. The molecule has 0 spiro atoms. The fourth-order valence-electron chi connectivity index (χ4n) is 1.98. The van der Waals surface area contributed by atoms with Gasteiger partial charge in [0.25, 0.3) is 0 Å². The van der Waals surface area contributed by atoms with Crippen LogP contribution in [0.1, 0.15) is 20.8 Å². The topological polar surface area (TPSA) is 40.5 Å². The molecule has 0 saturated carbocycles. The van der Waals surface area contributed by atoms with Crippen molar-refractivity contribution in [2.75, 3.05) is 13.6 Å². The summed E-state index contributed by atoms with van der Waals surface area (Å²) in [7, 11) is 2.02. The van der Waals surface area contributed by atoms with E-state index in [1.165, 1.54) is 16.9 Å². The third-order valence-electron chi connectivity index (χ3n) is 3.01. The second-order valence-corrected chi connectivity index (χ2v) is 5.47. The molecule has 0 unspecified atom stereocenters. The number of carboxylic acids is 1. The number of rotatable bonds is 6. The quantitative estimate of drug-likeness (QED) is 0.880. The van der Waals surface area contributed by atoms with Gasteiger partial charge in [0.2, 0.25) is 0 Å². The zero-order valence-corrected chi connectivity index (χ0v) is 11.7. The summed E-state index contributed by atoms with van der Waals surface area (Å²) in [5, 5.41) is 10.9. The summed E-state index contributed by atoms with van der Waals surface area (Å²) in [4.78, 5) is 13.6. The van der Waals surface area contributed by atoms with E-state index in [4.69, 9.17) is 5.11 Å². The second kappa shape index (κ2) is 6.50. The first-order chi connectivity index (χ1) is 9.16. The summed E-state index contributed by atoms with van der Waals surface area (Å²) in [6.07, 6.45) is 0.976. The van der Waals surface area contributed by atoms with Gasteiger partial charge in [-0.3, -0.25) is 0 Å². The van der Waals surface area contributed by atoms with E-state index in [0.29, 0.717) is 11.4 Å². The highest BCUT2D eigenvalue weighted by molar-refractivity contribution is 7.12. The Labute approximate surface area is 117 Å². The van der Waals surface area contributed by atoms with Gasteiger partial charge in [-0.05, 0) is 36.0 Å². The fraction of sp³-hybridized carbons (Fsp3) is 0.267. The summed E-state index contributed by atoms with van der Waals surface area (Å²) in [6.45, 7) is 1.59. The summed E-state index contributed by atoms with van der Waals surface area (Å²) in [5.41, 5.74) is 2.20. The molecule has 3 nitrogen and oxygen atoms in total. The SMILES string of the molecule is CN(CCc1ccccc1)Cc1ccsc1C(=O)O. The van der Waals surface area contributed by atoms with Gasteiger partial charge in [-0.1, -0.05) is 30.3 Å². The Morgan fingerprint density at radius 3 is 2.68 bits per heavy atom. The molecule has 2 aromatic rings. The summed E-state index contributed by atoms with van der Waals surface area (Å²) in [6, 6.07) is 12.2. The van der Waals surface area contributed by atoms with Crippen LogP contribution in [0.15, 0.2) is 41.8 Å². The predicted octanol–water partition coefficient (Wildman–Crippen LogP) is 3.12. The molecule has 1 aromatic heterocycles. The van der Waals surface area contributed by atoms with Crippen LogP contribution in [-0.2, 0) is 13.0 Å². The lowest BCUT2D eigenvalue weighted by atomic mass is 10.1. The first kappa shape index (κ1) is 13.8. The Morgan fingerprint density at radius 1 is 1.26 bits per heavy atom.